The molecule has 1 heterocycles. The van der Waals surface area contributed by atoms with E-state index in [1.807, 2.05) is 32.9 Å². The summed E-state index contributed by atoms with van der Waals surface area (Å²) in [7, 11) is 0. The van der Waals surface area contributed by atoms with E-state index in [0.29, 0.717) is 35.4 Å². The maximum absolute atomic E-state index is 12.3. The molecular formula is C17H22N4O2. The maximum atomic E-state index is 12.3. The Labute approximate surface area is 136 Å². The van der Waals surface area contributed by atoms with Crippen LogP contribution in [0.3, 0.4) is 0 Å². The number of hydrogen-bond donors (Lipinski definition) is 2. The number of aromatic nitrogens is 2. The van der Waals surface area contributed by atoms with Crippen LogP contribution in [0.4, 0.5) is 5.82 Å². The molecule has 6 heteroatoms. The van der Waals surface area contributed by atoms with Crippen molar-refractivity contribution in [1.29, 1.82) is 0 Å². The van der Waals surface area contributed by atoms with E-state index in [2.05, 4.69) is 15.3 Å². The van der Waals surface area contributed by atoms with Crippen LogP contribution >= 0.6 is 0 Å². The third kappa shape index (κ3) is 4.95. The fourth-order valence-electron chi connectivity index (χ4n) is 1.97. The minimum Gasteiger partial charge on any atom is -0.485 e. The SMILES string of the molecule is Cc1ccc(OCc2nccc(N)n2)c(C(=O)NCC(C)C)c1. The first-order valence-electron chi connectivity index (χ1n) is 7.54. The number of benzene rings is 1. The lowest BCUT2D eigenvalue weighted by Gasteiger charge is -2.13. The number of nitrogen functional groups attached to an aromatic ring is 1. The van der Waals surface area contributed by atoms with Gasteiger partial charge in [0.2, 0.25) is 0 Å². The van der Waals surface area contributed by atoms with E-state index in [0.717, 1.165) is 5.56 Å². The lowest BCUT2D eigenvalue weighted by atomic mass is 10.1. The summed E-state index contributed by atoms with van der Waals surface area (Å²) in [4.78, 5) is 20.5. The molecular weight excluding hydrogens is 292 g/mol. The highest BCUT2D eigenvalue weighted by molar-refractivity contribution is 5.97. The van der Waals surface area contributed by atoms with Crippen LogP contribution in [-0.4, -0.2) is 22.4 Å². The van der Waals surface area contributed by atoms with Gasteiger partial charge in [0.25, 0.3) is 5.91 Å². The molecule has 0 fully saturated rings. The second-order valence-electron chi connectivity index (χ2n) is 5.79. The van der Waals surface area contributed by atoms with Gasteiger partial charge in [-0.2, -0.15) is 0 Å². The van der Waals surface area contributed by atoms with Gasteiger partial charge in [-0.15, -0.1) is 0 Å². The second kappa shape index (κ2) is 7.58. The number of carbonyl (C=O) groups excluding carboxylic acids is 1. The van der Waals surface area contributed by atoms with Gasteiger partial charge in [-0.1, -0.05) is 25.5 Å². The molecule has 1 aromatic carbocycles. The van der Waals surface area contributed by atoms with Crippen molar-refractivity contribution < 1.29 is 9.53 Å². The first-order valence-corrected chi connectivity index (χ1v) is 7.54. The van der Waals surface area contributed by atoms with Gasteiger partial charge >= 0.3 is 0 Å². The zero-order valence-corrected chi connectivity index (χ0v) is 13.7. The number of nitrogens with zero attached hydrogens (tertiary/aromatic N) is 2. The van der Waals surface area contributed by atoms with Crippen molar-refractivity contribution in [3.05, 3.63) is 47.4 Å². The van der Waals surface area contributed by atoms with Crippen LogP contribution in [-0.2, 0) is 6.61 Å². The molecule has 0 atom stereocenters. The Morgan fingerprint density at radius 2 is 2.13 bits per heavy atom. The Balaban J connectivity index is 2.13. The average molecular weight is 314 g/mol. The summed E-state index contributed by atoms with van der Waals surface area (Å²) in [5.41, 5.74) is 7.12. The normalized spacial score (nSPS) is 10.6. The summed E-state index contributed by atoms with van der Waals surface area (Å²) in [5.74, 6) is 1.60. The van der Waals surface area contributed by atoms with E-state index < -0.39 is 0 Å². The summed E-state index contributed by atoms with van der Waals surface area (Å²) in [6.45, 7) is 6.79. The lowest BCUT2D eigenvalue weighted by molar-refractivity contribution is 0.0944. The van der Waals surface area contributed by atoms with Crippen LogP contribution < -0.4 is 15.8 Å². The zero-order valence-electron chi connectivity index (χ0n) is 13.7. The zero-order chi connectivity index (χ0) is 16.8. The van der Waals surface area contributed by atoms with Crippen LogP contribution in [0.2, 0.25) is 0 Å². The molecule has 1 aromatic heterocycles. The first kappa shape index (κ1) is 16.7. The number of amides is 1. The first-order chi connectivity index (χ1) is 11.0. The fraction of sp³-hybridized carbons (Fsp3) is 0.353. The van der Waals surface area contributed by atoms with Gasteiger partial charge < -0.3 is 15.8 Å². The van der Waals surface area contributed by atoms with E-state index in [1.54, 1.807) is 18.3 Å². The smallest absolute Gasteiger partial charge is 0.255 e. The van der Waals surface area contributed by atoms with Gasteiger partial charge in [-0.3, -0.25) is 4.79 Å². The molecule has 0 spiro atoms. The molecule has 6 nitrogen and oxygen atoms in total. The minimum atomic E-state index is -0.147. The predicted molar refractivity (Wildman–Crippen MR) is 89.1 cm³/mol. The van der Waals surface area contributed by atoms with Crippen molar-refractivity contribution in [2.24, 2.45) is 5.92 Å². The number of carbonyl (C=O) groups is 1. The standard InChI is InChI=1S/C17H22N4O2/c1-11(2)9-20-17(22)13-8-12(3)4-5-14(13)23-10-16-19-7-6-15(18)21-16/h4-8,11H,9-10H2,1-3H3,(H,20,22)(H2,18,19,21). The number of aryl methyl sites for hydroxylation is 1. The van der Waals surface area contributed by atoms with E-state index >= 15 is 0 Å². The highest BCUT2D eigenvalue weighted by Gasteiger charge is 2.14. The van der Waals surface area contributed by atoms with E-state index in [9.17, 15) is 4.79 Å². The quantitative estimate of drug-likeness (QED) is 0.854. The summed E-state index contributed by atoms with van der Waals surface area (Å²) in [6.07, 6.45) is 1.58. The number of anilines is 1. The highest BCUT2D eigenvalue weighted by atomic mass is 16.5. The van der Waals surface area contributed by atoms with Crippen molar-refractivity contribution in [3.63, 3.8) is 0 Å². The van der Waals surface area contributed by atoms with E-state index in [-0.39, 0.29) is 12.5 Å². The number of nitrogens with two attached hydrogens (primary N) is 1. The molecule has 0 aliphatic carbocycles. The Bertz CT molecular complexity index is 686. The molecule has 0 saturated heterocycles. The molecule has 0 bridgehead atoms. The van der Waals surface area contributed by atoms with E-state index in [1.165, 1.54) is 0 Å². The molecule has 0 radical (unpaired) electrons. The molecule has 2 rings (SSSR count). The number of ether oxygens (including phenoxy) is 1. The van der Waals surface area contributed by atoms with Crippen LogP contribution in [0.15, 0.2) is 30.5 Å². The summed E-state index contributed by atoms with van der Waals surface area (Å²) < 4.78 is 5.72. The Hall–Kier alpha value is -2.63. The van der Waals surface area contributed by atoms with Gasteiger partial charge in [0.05, 0.1) is 5.56 Å². The molecule has 3 N–H and O–H groups in total. The Morgan fingerprint density at radius 1 is 1.35 bits per heavy atom. The molecule has 122 valence electrons. The summed E-state index contributed by atoms with van der Waals surface area (Å²) >= 11 is 0. The minimum absolute atomic E-state index is 0.147. The monoisotopic (exact) mass is 314 g/mol. The Kier molecular flexibility index (Phi) is 5.51. The van der Waals surface area contributed by atoms with Gasteiger partial charge in [-0.05, 0) is 31.0 Å². The molecule has 2 aromatic rings. The van der Waals surface area contributed by atoms with Crippen LogP contribution in [0.25, 0.3) is 0 Å². The van der Waals surface area contributed by atoms with Crippen LogP contribution in [0.5, 0.6) is 5.75 Å². The van der Waals surface area contributed by atoms with Crippen LogP contribution in [0.1, 0.15) is 35.6 Å². The average Bonchev–Trinajstić information content (AvgIpc) is 2.51. The van der Waals surface area contributed by atoms with Gasteiger partial charge in [0, 0.05) is 12.7 Å². The fourth-order valence-corrected chi connectivity index (χ4v) is 1.97. The van der Waals surface area contributed by atoms with Crippen molar-refractivity contribution in [2.75, 3.05) is 12.3 Å². The van der Waals surface area contributed by atoms with Gasteiger partial charge in [-0.25, -0.2) is 9.97 Å². The Morgan fingerprint density at radius 3 is 2.83 bits per heavy atom. The third-order valence-corrected chi connectivity index (χ3v) is 3.13. The van der Waals surface area contributed by atoms with Crippen molar-refractivity contribution >= 4 is 11.7 Å². The topological polar surface area (TPSA) is 90.1 Å². The molecule has 0 unspecified atom stereocenters. The van der Waals surface area contributed by atoms with E-state index in [4.69, 9.17) is 10.5 Å². The molecule has 0 saturated carbocycles. The predicted octanol–water partition coefficient (Wildman–Crippen LogP) is 2.33. The van der Waals surface area contributed by atoms with Gasteiger partial charge in [0.1, 0.15) is 18.2 Å². The van der Waals surface area contributed by atoms with Crippen molar-refractivity contribution in [3.8, 4) is 5.75 Å². The second-order valence-corrected chi connectivity index (χ2v) is 5.79. The highest BCUT2D eigenvalue weighted by Crippen LogP contribution is 2.21. The van der Waals surface area contributed by atoms with Crippen molar-refractivity contribution in [2.45, 2.75) is 27.4 Å². The summed E-state index contributed by atoms with van der Waals surface area (Å²) in [5, 5.41) is 2.90. The van der Waals surface area contributed by atoms with Crippen LogP contribution in [0, 0.1) is 12.8 Å². The molecule has 1 amide bonds. The molecule has 0 aliphatic heterocycles. The number of hydrogen-bond acceptors (Lipinski definition) is 5. The largest absolute Gasteiger partial charge is 0.485 e. The number of rotatable bonds is 6. The van der Waals surface area contributed by atoms with Crippen molar-refractivity contribution in [1.82, 2.24) is 15.3 Å². The number of nitrogens with one attached hydrogen (secondary N) is 1. The third-order valence-electron chi connectivity index (χ3n) is 3.13. The van der Waals surface area contributed by atoms with Gasteiger partial charge in [0.15, 0.2) is 5.82 Å². The molecule has 23 heavy (non-hydrogen) atoms. The maximum Gasteiger partial charge on any atom is 0.255 e. The molecule has 0 aliphatic rings. The lowest BCUT2D eigenvalue weighted by Crippen LogP contribution is -2.27. The summed E-state index contributed by atoms with van der Waals surface area (Å²) in [6, 6.07) is 7.10.